The van der Waals surface area contributed by atoms with E-state index in [2.05, 4.69) is 22.3 Å². The molecular weight excluding hydrogens is 302 g/mol. The molecule has 1 heterocycles. The Kier molecular flexibility index (Phi) is 5.67. The second-order valence-electron chi connectivity index (χ2n) is 4.84. The summed E-state index contributed by atoms with van der Waals surface area (Å²) in [6.07, 6.45) is 0. The number of rotatable bonds is 7. The third-order valence-corrected chi connectivity index (χ3v) is 4.02. The molecule has 0 spiro atoms. The predicted molar refractivity (Wildman–Crippen MR) is 91.0 cm³/mol. The molecule has 0 saturated heterocycles. The Morgan fingerprint density at radius 2 is 2.29 bits per heavy atom. The van der Waals surface area contributed by atoms with E-state index in [4.69, 9.17) is 22.7 Å². The highest BCUT2D eigenvalue weighted by molar-refractivity contribution is 7.80. The van der Waals surface area contributed by atoms with E-state index in [-0.39, 0.29) is 0 Å². The van der Waals surface area contributed by atoms with Crippen LogP contribution in [0.5, 0.6) is 5.75 Å². The molecule has 0 saturated carbocycles. The maximum atomic E-state index is 5.74. The number of likely N-dealkylation sites (N-methyl/N-ethyl adjacent to an activating group) is 1. The van der Waals surface area contributed by atoms with Crippen LogP contribution < -0.4 is 10.5 Å². The van der Waals surface area contributed by atoms with E-state index < -0.39 is 0 Å². The van der Waals surface area contributed by atoms with E-state index in [1.165, 1.54) is 0 Å². The van der Waals surface area contributed by atoms with Gasteiger partial charge >= 0.3 is 0 Å². The first-order valence-electron chi connectivity index (χ1n) is 6.67. The molecule has 0 aliphatic rings. The number of aryl methyl sites for hydroxylation is 1. The summed E-state index contributed by atoms with van der Waals surface area (Å²) >= 11 is 6.64. The minimum atomic E-state index is 0.386. The highest BCUT2D eigenvalue weighted by Gasteiger charge is 2.04. The number of aromatic nitrogens is 1. The van der Waals surface area contributed by atoms with E-state index in [1.54, 1.807) is 11.3 Å². The molecule has 2 N–H and O–H groups in total. The summed E-state index contributed by atoms with van der Waals surface area (Å²) in [5, 5.41) is 3.20. The topological polar surface area (TPSA) is 51.4 Å². The van der Waals surface area contributed by atoms with Crippen molar-refractivity contribution in [1.82, 2.24) is 9.88 Å². The summed E-state index contributed by atoms with van der Waals surface area (Å²) < 4.78 is 5.74. The molecule has 112 valence electrons. The molecule has 1 aromatic carbocycles. The molecule has 0 atom stereocenters. The van der Waals surface area contributed by atoms with Crippen LogP contribution in [0.25, 0.3) is 0 Å². The molecule has 21 heavy (non-hydrogen) atoms. The molecular formula is C15H19N3OS2. The van der Waals surface area contributed by atoms with Crippen LogP contribution in [0.1, 0.15) is 16.3 Å². The van der Waals surface area contributed by atoms with Crippen LogP contribution >= 0.6 is 23.6 Å². The van der Waals surface area contributed by atoms with Crippen LogP contribution in [0.15, 0.2) is 29.6 Å². The number of thiazole rings is 1. The second-order valence-corrected chi connectivity index (χ2v) is 6.34. The Morgan fingerprint density at radius 1 is 1.48 bits per heavy atom. The van der Waals surface area contributed by atoms with E-state index in [1.807, 2.05) is 31.2 Å². The molecule has 6 heteroatoms. The molecule has 0 unspecified atom stereocenters. The summed E-state index contributed by atoms with van der Waals surface area (Å²) in [6, 6.07) is 7.55. The van der Waals surface area contributed by atoms with Crippen LogP contribution in [-0.2, 0) is 6.54 Å². The number of benzene rings is 1. The molecule has 0 radical (unpaired) electrons. The molecule has 0 aliphatic heterocycles. The molecule has 4 nitrogen and oxygen atoms in total. The fourth-order valence-electron chi connectivity index (χ4n) is 1.89. The third kappa shape index (κ3) is 5.08. The fourth-order valence-corrected chi connectivity index (χ4v) is 2.63. The summed E-state index contributed by atoms with van der Waals surface area (Å²) in [5.74, 6) is 0.790. The average molecular weight is 321 g/mol. The van der Waals surface area contributed by atoms with Gasteiger partial charge in [-0.05, 0) is 26.1 Å². The Balaban J connectivity index is 1.78. The lowest BCUT2D eigenvalue weighted by atomic mass is 10.2. The SMILES string of the molecule is Cc1nc(CN(C)CCOc2cccc(C(N)=S)c2)cs1. The summed E-state index contributed by atoms with van der Waals surface area (Å²) in [4.78, 5) is 7.03. The van der Waals surface area contributed by atoms with Gasteiger partial charge < -0.3 is 10.5 Å². The van der Waals surface area contributed by atoms with Gasteiger partial charge in [-0.1, -0.05) is 24.4 Å². The van der Waals surface area contributed by atoms with Crippen molar-refractivity contribution < 1.29 is 4.74 Å². The number of nitrogens with zero attached hydrogens (tertiary/aromatic N) is 2. The van der Waals surface area contributed by atoms with Gasteiger partial charge in [0.2, 0.25) is 0 Å². The van der Waals surface area contributed by atoms with Crippen molar-refractivity contribution in [3.63, 3.8) is 0 Å². The summed E-state index contributed by atoms with van der Waals surface area (Å²) in [5.41, 5.74) is 7.54. The first-order valence-corrected chi connectivity index (χ1v) is 7.95. The van der Waals surface area contributed by atoms with E-state index >= 15 is 0 Å². The molecule has 0 aliphatic carbocycles. The first kappa shape index (κ1) is 15.9. The van der Waals surface area contributed by atoms with E-state index in [0.717, 1.165) is 35.1 Å². The summed E-state index contributed by atoms with van der Waals surface area (Å²) in [6.45, 7) is 4.29. The number of nitrogens with two attached hydrogens (primary N) is 1. The van der Waals surface area contributed by atoms with E-state index in [0.29, 0.717) is 11.6 Å². The average Bonchev–Trinajstić information content (AvgIpc) is 2.84. The molecule has 1 aromatic heterocycles. The zero-order valence-electron chi connectivity index (χ0n) is 12.2. The van der Waals surface area contributed by atoms with Gasteiger partial charge in [0, 0.05) is 24.0 Å². The van der Waals surface area contributed by atoms with Gasteiger partial charge in [-0.15, -0.1) is 11.3 Å². The Labute approximate surface area is 134 Å². The van der Waals surface area contributed by atoms with Crippen molar-refractivity contribution in [2.24, 2.45) is 5.73 Å². The third-order valence-electron chi connectivity index (χ3n) is 2.96. The largest absolute Gasteiger partial charge is 0.492 e. The lowest BCUT2D eigenvalue weighted by Gasteiger charge is -2.16. The van der Waals surface area contributed by atoms with Gasteiger partial charge in [0.25, 0.3) is 0 Å². The van der Waals surface area contributed by atoms with E-state index in [9.17, 15) is 0 Å². The van der Waals surface area contributed by atoms with Crippen molar-refractivity contribution >= 4 is 28.5 Å². The standard InChI is InChI=1S/C15H19N3OS2/c1-11-17-13(10-21-11)9-18(2)6-7-19-14-5-3-4-12(8-14)15(16)20/h3-5,8,10H,6-7,9H2,1-2H3,(H2,16,20). The number of thiocarbonyl (C=S) groups is 1. The lowest BCUT2D eigenvalue weighted by Crippen LogP contribution is -2.24. The maximum Gasteiger partial charge on any atom is 0.120 e. The zero-order valence-corrected chi connectivity index (χ0v) is 13.8. The van der Waals surface area contributed by atoms with Gasteiger partial charge in [0.1, 0.15) is 17.3 Å². The number of hydrogen-bond acceptors (Lipinski definition) is 5. The van der Waals surface area contributed by atoms with Crippen molar-refractivity contribution in [3.05, 3.63) is 45.9 Å². The van der Waals surface area contributed by atoms with Crippen molar-refractivity contribution in [2.45, 2.75) is 13.5 Å². The minimum absolute atomic E-state index is 0.386. The lowest BCUT2D eigenvalue weighted by molar-refractivity contribution is 0.231. The van der Waals surface area contributed by atoms with Crippen molar-refractivity contribution in [1.29, 1.82) is 0 Å². The van der Waals surface area contributed by atoms with Crippen LogP contribution in [0.4, 0.5) is 0 Å². The van der Waals surface area contributed by atoms with Crippen LogP contribution in [-0.4, -0.2) is 35.1 Å². The van der Waals surface area contributed by atoms with Gasteiger partial charge in [-0.2, -0.15) is 0 Å². The molecule has 0 bridgehead atoms. The monoisotopic (exact) mass is 321 g/mol. The maximum absolute atomic E-state index is 5.74. The van der Waals surface area contributed by atoms with Crippen molar-refractivity contribution in [2.75, 3.05) is 20.2 Å². The van der Waals surface area contributed by atoms with Gasteiger partial charge in [0.15, 0.2) is 0 Å². The molecule has 0 amide bonds. The second kappa shape index (κ2) is 7.49. The van der Waals surface area contributed by atoms with Crippen LogP contribution in [0, 0.1) is 6.92 Å². The van der Waals surface area contributed by atoms with Gasteiger partial charge in [-0.3, -0.25) is 4.90 Å². The molecule has 0 fully saturated rings. The van der Waals surface area contributed by atoms with Crippen LogP contribution in [0.2, 0.25) is 0 Å². The Morgan fingerprint density at radius 3 is 2.95 bits per heavy atom. The Bertz CT molecular complexity index is 612. The smallest absolute Gasteiger partial charge is 0.120 e. The highest BCUT2D eigenvalue weighted by atomic mass is 32.1. The minimum Gasteiger partial charge on any atom is -0.492 e. The quantitative estimate of drug-likeness (QED) is 0.795. The molecule has 2 aromatic rings. The Hall–Kier alpha value is -1.50. The number of hydrogen-bond donors (Lipinski definition) is 1. The predicted octanol–water partition coefficient (Wildman–Crippen LogP) is 2.60. The van der Waals surface area contributed by atoms with Gasteiger partial charge in [0.05, 0.1) is 10.7 Å². The number of ether oxygens (including phenoxy) is 1. The highest BCUT2D eigenvalue weighted by Crippen LogP contribution is 2.13. The summed E-state index contributed by atoms with van der Waals surface area (Å²) in [7, 11) is 2.06. The fraction of sp³-hybridized carbons (Fsp3) is 0.333. The zero-order chi connectivity index (χ0) is 15.2. The van der Waals surface area contributed by atoms with Crippen molar-refractivity contribution in [3.8, 4) is 5.75 Å². The van der Waals surface area contributed by atoms with Gasteiger partial charge in [-0.25, -0.2) is 4.98 Å². The molecule has 2 rings (SSSR count). The normalized spacial score (nSPS) is 10.8. The van der Waals surface area contributed by atoms with Crippen LogP contribution in [0.3, 0.4) is 0 Å². The first-order chi connectivity index (χ1) is 10.0.